The van der Waals surface area contributed by atoms with E-state index >= 15 is 0 Å². The molecule has 0 radical (unpaired) electrons. The van der Waals surface area contributed by atoms with Gasteiger partial charge in [-0.15, -0.1) is 0 Å². The summed E-state index contributed by atoms with van der Waals surface area (Å²) in [6.45, 7) is 3.42. The van der Waals surface area contributed by atoms with E-state index in [-0.39, 0.29) is 10.7 Å². The fourth-order valence-corrected chi connectivity index (χ4v) is 4.73. The number of aryl methyl sites for hydroxylation is 2. The number of furan rings is 1. The number of halogens is 3. The van der Waals surface area contributed by atoms with E-state index in [2.05, 4.69) is 15.2 Å². The van der Waals surface area contributed by atoms with Crippen molar-refractivity contribution in [3.63, 3.8) is 0 Å². The summed E-state index contributed by atoms with van der Waals surface area (Å²) < 4.78 is 70.8. The van der Waals surface area contributed by atoms with Crippen LogP contribution in [0.4, 0.5) is 18.9 Å². The molecule has 35 heavy (non-hydrogen) atoms. The number of anilines is 1. The number of hydrogen-bond acceptors (Lipinski definition) is 5. The van der Waals surface area contributed by atoms with Crippen LogP contribution in [-0.4, -0.2) is 20.0 Å². The number of sulfonamides is 1. The van der Waals surface area contributed by atoms with Crippen LogP contribution in [0.5, 0.6) is 0 Å². The van der Waals surface area contributed by atoms with Gasteiger partial charge in [-0.05, 0) is 51.0 Å². The van der Waals surface area contributed by atoms with Crippen molar-refractivity contribution in [2.45, 2.75) is 44.2 Å². The van der Waals surface area contributed by atoms with Crippen LogP contribution in [0.2, 0.25) is 0 Å². The molecule has 11 heteroatoms. The van der Waals surface area contributed by atoms with Crippen molar-refractivity contribution >= 4 is 27.3 Å². The molecule has 1 aliphatic rings. The molecular weight excluding hydrogens is 483 g/mol. The number of nitrogens with one attached hydrogen (secondary N) is 2. The van der Waals surface area contributed by atoms with E-state index in [9.17, 15) is 26.4 Å². The summed E-state index contributed by atoms with van der Waals surface area (Å²) in [7, 11) is -3.91. The molecule has 1 aliphatic carbocycles. The van der Waals surface area contributed by atoms with Gasteiger partial charge in [-0.3, -0.25) is 4.79 Å². The lowest BCUT2D eigenvalue weighted by Crippen LogP contribution is -2.22. The minimum atomic E-state index is -4.64. The van der Waals surface area contributed by atoms with Crippen molar-refractivity contribution in [3.05, 3.63) is 82.3 Å². The van der Waals surface area contributed by atoms with Crippen molar-refractivity contribution in [3.8, 4) is 0 Å². The second kappa shape index (κ2) is 9.21. The number of hydrazone groups is 1. The van der Waals surface area contributed by atoms with E-state index in [1.807, 2.05) is 6.92 Å². The first-order chi connectivity index (χ1) is 16.5. The van der Waals surface area contributed by atoms with Crippen molar-refractivity contribution in [2.24, 2.45) is 5.10 Å². The van der Waals surface area contributed by atoms with Gasteiger partial charge in [0.05, 0.1) is 21.9 Å². The number of carbonyl (C=O) groups is 1. The highest BCUT2D eigenvalue weighted by molar-refractivity contribution is 7.89. The lowest BCUT2D eigenvalue weighted by molar-refractivity contribution is -0.136. The topological polar surface area (TPSA) is 101 Å². The highest BCUT2D eigenvalue weighted by Gasteiger charge is 2.34. The fraction of sp³-hybridized carbons (Fsp3) is 0.250. The number of nitrogens with zero attached hydrogens (tertiary/aromatic N) is 1. The number of benzene rings is 2. The molecule has 1 aromatic heterocycles. The normalized spacial score (nSPS) is 15.1. The summed E-state index contributed by atoms with van der Waals surface area (Å²) in [5.41, 5.74) is 0.781. The number of alkyl halides is 3. The Bertz CT molecular complexity index is 1410. The molecule has 0 saturated heterocycles. The number of para-hydroxylation sites is 1. The maximum atomic E-state index is 13.3. The van der Waals surface area contributed by atoms with Gasteiger partial charge in [-0.2, -0.15) is 31.5 Å². The van der Waals surface area contributed by atoms with Gasteiger partial charge in [0.1, 0.15) is 5.76 Å². The SMILES string of the molecule is Cc1ccc(S(=O)(=O)N/N=C2\CCCc3oc(C(=O)Nc4ccccc4C(F)(F)F)c(C)c32)cc1. The van der Waals surface area contributed by atoms with E-state index in [0.29, 0.717) is 41.9 Å². The molecular formula is C24H22F3N3O4S. The van der Waals surface area contributed by atoms with Crippen LogP contribution in [0.25, 0.3) is 0 Å². The third kappa shape index (κ3) is 5.09. The minimum absolute atomic E-state index is 0.0517. The van der Waals surface area contributed by atoms with E-state index in [1.165, 1.54) is 24.3 Å². The summed E-state index contributed by atoms with van der Waals surface area (Å²) in [4.78, 5) is 15.1. The monoisotopic (exact) mass is 505 g/mol. The molecule has 1 amide bonds. The average molecular weight is 506 g/mol. The Kier molecular flexibility index (Phi) is 6.46. The molecule has 0 unspecified atom stereocenters. The molecule has 1 heterocycles. The third-order valence-corrected chi connectivity index (χ3v) is 6.87. The maximum absolute atomic E-state index is 13.3. The molecule has 0 bridgehead atoms. The van der Waals surface area contributed by atoms with Crippen LogP contribution >= 0.6 is 0 Å². The molecule has 7 nitrogen and oxygen atoms in total. The Morgan fingerprint density at radius 1 is 1.03 bits per heavy atom. The van der Waals surface area contributed by atoms with Crippen LogP contribution < -0.4 is 10.1 Å². The highest BCUT2D eigenvalue weighted by atomic mass is 32.2. The van der Waals surface area contributed by atoms with E-state index in [4.69, 9.17) is 4.42 Å². The standard InChI is InChI=1S/C24H22F3N3O4S/c1-14-10-12-16(13-11-14)35(32,33)30-29-19-8-5-9-20-21(19)15(2)22(34-20)23(31)28-18-7-4-3-6-17(18)24(25,26)27/h3-4,6-7,10-13,30H,5,8-9H2,1-2H3,(H,28,31)/b29-19+. The Hall–Kier alpha value is -3.60. The Balaban J connectivity index is 1.62. The second-order valence-electron chi connectivity index (χ2n) is 8.17. The highest BCUT2D eigenvalue weighted by Crippen LogP contribution is 2.35. The first-order valence-electron chi connectivity index (χ1n) is 10.7. The van der Waals surface area contributed by atoms with Gasteiger partial charge in [0, 0.05) is 17.5 Å². The lowest BCUT2D eigenvalue weighted by atomic mass is 9.93. The molecule has 4 rings (SSSR count). The Morgan fingerprint density at radius 3 is 2.40 bits per heavy atom. The maximum Gasteiger partial charge on any atom is 0.418 e. The van der Waals surface area contributed by atoms with E-state index in [0.717, 1.165) is 17.7 Å². The third-order valence-electron chi connectivity index (χ3n) is 5.64. The van der Waals surface area contributed by atoms with Crippen LogP contribution in [0.15, 0.2) is 62.9 Å². The number of fused-ring (bicyclic) bond motifs is 1. The lowest BCUT2D eigenvalue weighted by Gasteiger charge is -2.14. The Labute approximate surface area is 200 Å². The molecule has 0 saturated carbocycles. The molecule has 0 atom stereocenters. The second-order valence-corrected chi connectivity index (χ2v) is 9.83. The summed E-state index contributed by atoms with van der Waals surface area (Å²) in [5.74, 6) is -0.563. The van der Waals surface area contributed by atoms with Gasteiger partial charge in [0.2, 0.25) is 0 Å². The number of rotatable bonds is 5. The molecule has 2 aromatic carbocycles. The predicted molar refractivity (Wildman–Crippen MR) is 124 cm³/mol. The van der Waals surface area contributed by atoms with Crippen molar-refractivity contribution in [1.82, 2.24) is 4.83 Å². The molecule has 0 fully saturated rings. The zero-order valence-corrected chi connectivity index (χ0v) is 19.7. The largest absolute Gasteiger partial charge is 0.455 e. The summed E-state index contributed by atoms with van der Waals surface area (Å²) in [6, 6.07) is 10.9. The molecule has 3 aromatic rings. The first kappa shape index (κ1) is 24.5. The number of carbonyl (C=O) groups excluding carboxylic acids is 1. The zero-order valence-electron chi connectivity index (χ0n) is 18.9. The van der Waals surface area contributed by atoms with Gasteiger partial charge in [0.15, 0.2) is 5.76 Å². The molecule has 184 valence electrons. The van der Waals surface area contributed by atoms with Gasteiger partial charge in [-0.25, -0.2) is 0 Å². The summed E-state index contributed by atoms with van der Waals surface area (Å²) >= 11 is 0. The van der Waals surface area contributed by atoms with Crippen molar-refractivity contribution in [1.29, 1.82) is 0 Å². The van der Waals surface area contributed by atoms with E-state index in [1.54, 1.807) is 19.1 Å². The van der Waals surface area contributed by atoms with E-state index < -0.39 is 33.4 Å². The molecule has 0 spiro atoms. The zero-order chi connectivity index (χ0) is 25.4. The average Bonchev–Trinajstić information content (AvgIpc) is 3.15. The first-order valence-corrected chi connectivity index (χ1v) is 12.2. The quantitative estimate of drug-likeness (QED) is 0.466. The van der Waals surface area contributed by atoms with Crippen LogP contribution in [0, 0.1) is 13.8 Å². The minimum Gasteiger partial charge on any atom is -0.455 e. The van der Waals surface area contributed by atoms with Crippen molar-refractivity contribution in [2.75, 3.05) is 5.32 Å². The Morgan fingerprint density at radius 2 is 1.71 bits per heavy atom. The fourth-order valence-electron chi connectivity index (χ4n) is 3.90. The number of hydrogen-bond donors (Lipinski definition) is 2. The van der Waals surface area contributed by atoms with Crippen LogP contribution in [0.1, 0.15) is 51.4 Å². The van der Waals surface area contributed by atoms with Crippen molar-refractivity contribution < 1.29 is 30.8 Å². The predicted octanol–water partition coefficient (Wildman–Crippen LogP) is 5.19. The van der Waals surface area contributed by atoms with Crippen LogP contribution in [-0.2, 0) is 22.6 Å². The smallest absolute Gasteiger partial charge is 0.418 e. The summed E-state index contributed by atoms with van der Waals surface area (Å²) in [6.07, 6.45) is -3.13. The van der Waals surface area contributed by atoms with Crippen LogP contribution in [0.3, 0.4) is 0 Å². The molecule has 0 aliphatic heterocycles. The van der Waals surface area contributed by atoms with Gasteiger partial charge in [0.25, 0.3) is 15.9 Å². The van der Waals surface area contributed by atoms with Gasteiger partial charge >= 0.3 is 6.18 Å². The van der Waals surface area contributed by atoms with Gasteiger partial charge < -0.3 is 9.73 Å². The summed E-state index contributed by atoms with van der Waals surface area (Å²) in [5, 5.41) is 6.37. The van der Waals surface area contributed by atoms with Gasteiger partial charge in [-0.1, -0.05) is 29.8 Å². The molecule has 2 N–H and O–H groups in total. The number of amides is 1.